The average molecular weight is 444 g/mol. The Hall–Kier alpha value is -2.52. The zero-order valence-corrected chi connectivity index (χ0v) is 17.8. The summed E-state index contributed by atoms with van der Waals surface area (Å²) in [6, 6.07) is 14.4. The zero-order chi connectivity index (χ0) is 21.0. The number of nitrogens with zero attached hydrogens (tertiary/aromatic N) is 1. The van der Waals surface area contributed by atoms with Crippen LogP contribution in [0.3, 0.4) is 0 Å². The Balaban J connectivity index is 1.36. The summed E-state index contributed by atoms with van der Waals surface area (Å²) >= 11 is 1.62. The first-order chi connectivity index (χ1) is 14.5. The van der Waals surface area contributed by atoms with E-state index in [0.29, 0.717) is 31.9 Å². The highest BCUT2D eigenvalue weighted by atomic mass is 32.2. The van der Waals surface area contributed by atoms with Crippen molar-refractivity contribution in [2.75, 3.05) is 26.3 Å². The minimum atomic E-state index is -3.52. The second-order valence-electron chi connectivity index (χ2n) is 6.78. The predicted octanol–water partition coefficient (Wildman–Crippen LogP) is 3.68. The van der Waals surface area contributed by atoms with Gasteiger partial charge in [0.25, 0.3) is 0 Å². The number of ether oxygens (including phenoxy) is 2. The van der Waals surface area contributed by atoms with Gasteiger partial charge in [-0.1, -0.05) is 30.3 Å². The number of rotatable bonds is 6. The minimum absolute atomic E-state index is 0.212. The average Bonchev–Trinajstić information content (AvgIpc) is 3.20. The maximum Gasteiger partial charge on any atom is 0.331 e. The van der Waals surface area contributed by atoms with Gasteiger partial charge < -0.3 is 9.47 Å². The van der Waals surface area contributed by atoms with Crippen molar-refractivity contribution in [2.45, 2.75) is 11.5 Å². The van der Waals surface area contributed by atoms with E-state index in [1.165, 1.54) is 10.4 Å². The van der Waals surface area contributed by atoms with Crippen LogP contribution in [0.2, 0.25) is 0 Å². The molecule has 8 heteroatoms. The lowest BCUT2D eigenvalue weighted by molar-refractivity contribution is -0.138. The van der Waals surface area contributed by atoms with Crippen molar-refractivity contribution >= 4 is 43.5 Å². The molecule has 1 saturated heterocycles. The highest BCUT2D eigenvalue weighted by Crippen LogP contribution is 2.26. The normalized spacial score (nSPS) is 15.6. The van der Waals surface area contributed by atoms with Gasteiger partial charge in [-0.05, 0) is 40.6 Å². The van der Waals surface area contributed by atoms with Crippen molar-refractivity contribution in [1.82, 2.24) is 4.31 Å². The SMILES string of the molecule is O=C(/C=C/c1ccc(S(=O)(=O)N2CCOCC2)cc1)OCc1csc2ccccc12. The highest BCUT2D eigenvalue weighted by Gasteiger charge is 2.25. The first-order valence-corrected chi connectivity index (χ1v) is 11.8. The Kier molecular flexibility index (Phi) is 6.29. The van der Waals surface area contributed by atoms with Crippen LogP contribution in [0, 0.1) is 0 Å². The largest absolute Gasteiger partial charge is 0.458 e. The monoisotopic (exact) mass is 443 g/mol. The van der Waals surface area contributed by atoms with E-state index in [2.05, 4.69) is 0 Å². The van der Waals surface area contributed by atoms with Gasteiger partial charge in [0.15, 0.2) is 0 Å². The van der Waals surface area contributed by atoms with Gasteiger partial charge >= 0.3 is 5.97 Å². The summed E-state index contributed by atoms with van der Waals surface area (Å²) in [6.07, 6.45) is 2.96. The van der Waals surface area contributed by atoms with Crippen LogP contribution in [0.25, 0.3) is 16.2 Å². The van der Waals surface area contributed by atoms with Crippen LogP contribution in [-0.2, 0) is 30.9 Å². The van der Waals surface area contributed by atoms with E-state index < -0.39 is 16.0 Å². The highest BCUT2D eigenvalue weighted by molar-refractivity contribution is 7.89. The Labute approximate surface area is 179 Å². The molecule has 1 aliphatic heterocycles. The third-order valence-corrected chi connectivity index (χ3v) is 7.76. The molecule has 6 nitrogen and oxygen atoms in total. The number of carbonyl (C=O) groups excluding carboxylic acids is 1. The van der Waals surface area contributed by atoms with E-state index in [0.717, 1.165) is 15.6 Å². The standard InChI is InChI=1S/C22H21NO5S2/c24-22(28-15-18-16-29-21-4-2-1-3-20(18)21)10-7-17-5-8-19(9-6-17)30(25,26)23-11-13-27-14-12-23/h1-10,16H,11-15H2/b10-7+. The molecule has 0 bridgehead atoms. The number of fused-ring (bicyclic) bond motifs is 1. The quantitative estimate of drug-likeness (QED) is 0.429. The first-order valence-electron chi connectivity index (χ1n) is 9.52. The molecule has 4 rings (SSSR count). The maximum absolute atomic E-state index is 12.6. The van der Waals surface area contributed by atoms with E-state index in [4.69, 9.17) is 9.47 Å². The van der Waals surface area contributed by atoms with Gasteiger partial charge in [0.2, 0.25) is 10.0 Å². The van der Waals surface area contributed by atoms with E-state index in [-0.39, 0.29) is 11.5 Å². The molecule has 0 saturated carbocycles. The second kappa shape index (κ2) is 9.09. The molecule has 0 aliphatic carbocycles. The molecule has 0 radical (unpaired) electrons. The number of hydrogen-bond donors (Lipinski definition) is 0. The Morgan fingerprint density at radius 3 is 2.60 bits per heavy atom. The smallest absolute Gasteiger partial charge is 0.331 e. The number of morpholine rings is 1. The number of sulfonamides is 1. The van der Waals surface area contributed by atoms with Gasteiger partial charge in [-0.15, -0.1) is 11.3 Å². The molecule has 0 spiro atoms. The van der Waals surface area contributed by atoms with Gasteiger partial charge in [-0.25, -0.2) is 13.2 Å². The molecule has 1 aliphatic rings. The van der Waals surface area contributed by atoms with E-state index in [1.54, 1.807) is 41.7 Å². The Bertz CT molecular complexity index is 1160. The van der Waals surface area contributed by atoms with Gasteiger partial charge in [0.05, 0.1) is 18.1 Å². The van der Waals surface area contributed by atoms with Crippen molar-refractivity contribution in [2.24, 2.45) is 0 Å². The van der Waals surface area contributed by atoms with E-state index >= 15 is 0 Å². The number of thiophene rings is 1. The van der Waals surface area contributed by atoms with Crippen molar-refractivity contribution in [3.63, 3.8) is 0 Å². The van der Waals surface area contributed by atoms with Crippen LogP contribution in [0.1, 0.15) is 11.1 Å². The number of esters is 1. The van der Waals surface area contributed by atoms with Crippen LogP contribution >= 0.6 is 11.3 Å². The van der Waals surface area contributed by atoms with Crippen molar-refractivity contribution in [3.05, 3.63) is 71.1 Å². The molecule has 30 heavy (non-hydrogen) atoms. The molecule has 0 N–H and O–H groups in total. The molecule has 0 atom stereocenters. The van der Waals surface area contributed by atoms with Gasteiger partial charge in [0, 0.05) is 29.4 Å². The van der Waals surface area contributed by atoms with Crippen molar-refractivity contribution < 1.29 is 22.7 Å². The van der Waals surface area contributed by atoms with Crippen LogP contribution in [0.15, 0.2) is 64.9 Å². The summed E-state index contributed by atoms with van der Waals surface area (Å²) in [6.45, 7) is 1.74. The molecule has 2 heterocycles. The van der Waals surface area contributed by atoms with Crippen molar-refractivity contribution in [3.8, 4) is 0 Å². The van der Waals surface area contributed by atoms with Crippen LogP contribution < -0.4 is 0 Å². The van der Waals surface area contributed by atoms with Gasteiger partial charge in [-0.2, -0.15) is 4.31 Å². The lowest BCUT2D eigenvalue weighted by Gasteiger charge is -2.26. The minimum Gasteiger partial charge on any atom is -0.458 e. The third kappa shape index (κ3) is 4.62. The summed E-state index contributed by atoms with van der Waals surface area (Å²) in [4.78, 5) is 12.3. The predicted molar refractivity (Wildman–Crippen MR) is 117 cm³/mol. The van der Waals surface area contributed by atoms with Crippen LogP contribution in [0.4, 0.5) is 0 Å². The fourth-order valence-electron chi connectivity index (χ4n) is 3.19. The molecule has 0 amide bonds. The molecule has 3 aromatic rings. The fraction of sp³-hybridized carbons (Fsp3) is 0.227. The summed E-state index contributed by atoms with van der Waals surface area (Å²) in [5.74, 6) is -0.449. The lowest BCUT2D eigenvalue weighted by Crippen LogP contribution is -2.40. The number of hydrogen-bond acceptors (Lipinski definition) is 6. The lowest BCUT2D eigenvalue weighted by atomic mass is 10.2. The van der Waals surface area contributed by atoms with Gasteiger partial charge in [0.1, 0.15) is 6.61 Å². The molecular weight excluding hydrogens is 422 g/mol. The zero-order valence-electron chi connectivity index (χ0n) is 16.2. The molecule has 2 aromatic carbocycles. The molecule has 1 fully saturated rings. The van der Waals surface area contributed by atoms with E-state index in [9.17, 15) is 13.2 Å². The maximum atomic E-state index is 12.6. The van der Waals surface area contributed by atoms with Crippen LogP contribution in [-0.4, -0.2) is 45.0 Å². The second-order valence-corrected chi connectivity index (χ2v) is 9.63. The summed E-state index contributed by atoms with van der Waals surface area (Å²) in [5, 5.41) is 3.09. The molecule has 0 unspecified atom stereocenters. The molecule has 156 valence electrons. The Morgan fingerprint density at radius 1 is 1.10 bits per heavy atom. The number of carbonyl (C=O) groups is 1. The molecule has 1 aromatic heterocycles. The van der Waals surface area contributed by atoms with Crippen LogP contribution in [0.5, 0.6) is 0 Å². The summed E-state index contributed by atoms with van der Waals surface area (Å²) < 4.78 is 38.4. The third-order valence-electron chi connectivity index (χ3n) is 4.83. The first kappa shape index (κ1) is 20.7. The number of benzene rings is 2. The fourth-order valence-corrected chi connectivity index (χ4v) is 5.55. The summed E-state index contributed by atoms with van der Waals surface area (Å²) in [7, 11) is -3.52. The molecular formula is C22H21NO5S2. The van der Waals surface area contributed by atoms with Gasteiger partial charge in [-0.3, -0.25) is 0 Å². The summed E-state index contributed by atoms with van der Waals surface area (Å²) in [5.41, 5.74) is 1.70. The van der Waals surface area contributed by atoms with E-state index in [1.807, 2.05) is 29.6 Å². The Morgan fingerprint density at radius 2 is 1.83 bits per heavy atom. The van der Waals surface area contributed by atoms with Crippen molar-refractivity contribution in [1.29, 1.82) is 0 Å². The topological polar surface area (TPSA) is 72.9 Å².